The van der Waals surface area contributed by atoms with Gasteiger partial charge in [-0.3, -0.25) is 24.4 Å². The van der Waals surface area contributed by atoms with Gasteiger partial charge in [0.15, 0.2) is 0 Å². The largest absolute Gasteiger partial charge is 0.493 e. The predicted octanol–water partition coefficient (Wildman–Crippen LogP) is 7.18. The second-order valence-electron chi connectivity index (χ2n) is 12.8. The van der Waals surface area contributed by atoms with Crippen molar-refractivity contribution >= 4 is 40.7 Å². The molecule has 0 aromatic heterocycles. The number of esters is 1. The summed E-state index contributed by atoms with van der Waals surface area (Å²) in [7, 11) is 0. The van der Waals surface area contributed by atoms with E-state index in [1.165, 1.54) is 0 Å². The van der Waals surface area contributed by atoms with E-state index in [1.807, 2.05) is 91.0 Å². The fraction of sp³-hybridized carbons (Fsp3) is 0.310. The third-order valence-electron chi connectivity index (χ3n) is 9.01. The van der Waals surface area contributed by atoms with Crippen molar-refractivity contribution in [3.63, 3.8) is 0 Å². The molecule has 1 aliphatic rings. The fourth-order valence-electron chi connectivity index (χ4n) is 6.15. The molecular weight excluding hydrogens is 672 g/mol. The summed E-state index contributed by atoms with van der Waals surface area (Å²) < 4.78 is 11.7. The number of hydroxylamine groups is 1. The minimum absolute atomic E-state index is 0.0281. The molecule has 1 aliphatic heterocycles. The number of unbranched alkanes of at least 4 members (excludes halogenated alkanes) is 3. The van der Waals surface area contributed by atoms with Gasteiger partial charge in [0, 0.05) is 36.8 Å². The molecule has 4 aromatic carbocycles. The van der Waals surface area contributed by atoms with E-state index in [9.17, 15) is 19.2 Å². The van der Waals surface area contributed by atoms with E-state index in [1.54, 1.807) is 28.7 Å². The van der Waals surface area contributed by atoms with Crippen LogP contribution in [-0.4, -0.2) is 53.2 Å². The number of allylic oxidation sites excluding steroid dienone is 2. The molecule has 0 saturated heterocycles. The second kappa shape index (κ2) is 20.3. The lowest BCUT2D eigenvalue weighted by molar-refractivity contribution is -0.149. The number of carbonyl (C=O) groups is 4. The average Bonchev–Trinajstić information content (AvgIpc) is 3.18. The fourth-order valence-corrected chi connectivity index (χ4v) is 6.15. The van der Waals surface area contributed by atoms with Gasteiger partial charge >= 0.3 is 5.97 Å². The molecule has 0 unspecified atom stereocenters. The van der Waals surface area contributed by atoms with Crippen LogP contribution in [0.1, 0.15) is 90.9 Å². The average molecular weight is 719 g/mol. The Kier molecular flexibility index (Phi) is 14.7. The highest BCUT2D eigenvalue weighted by molar-refractivity contribution is 6.08. The lowest BCUT2D eigenvalue weighted by atomic mass is 10.0. The molecule has 53 heavy (non-hydrogen) atoms. The van der Waals surface area contributed by atoms with Crippen LogP contribution >= 0.6 is 0 Å². The first kappa shape index (κ1) is 38.4. The van der Waals surface area contributed by atoms with Crippen molar-refractivity contribution in [2.75, 3.05) is 13.2 Å². The van der Waals surface area contributed by atoms with Crippen molar-refractivity contribution in [2.24, 2.45) is 5.10 Å². The Balaban J connectivity index is 1.20. The van der Waals surface area contributed by atoms with Crippen LogP contribution in [-0.2, 0) is 25.7 Å². The van der Waals surface area contributed by atoms with E-state index in [2.05, 4.69) is 10.5 Å². The van der Waals surface area contributed by atoms with E-state index in [0.717, 1.165) is 46.7 Å². The van der Waals surface area contributed by atoms with Crippen molar-refractivity contribution in [1.82, 2.24) is 15.8 Å². The molecule has 11 heteroatoms. The predicted molar refractivity (Wildman–Crippen MR) is 202 cm³/mol. The van der Waals surface area contributed by atoms with Gasteiger partial charge in [-0.15, -0.1) is 0 Å². The zero-order valence-electron chi connectivity index (χ0n) is 29.7. The molecule has 0 bridgehead atoms. The number of ether oxygens (including phenoxy) is 2. The number of rotatable bonds is 14. The topological polar surface area (TPSA) is 147 Å². The molecule has 5 rings (SSSR count). The van der Waals surface area contributed by atoms with Crippen LogP contribution in [0.3, 0.4) is 0 Å². The summed E-state index contributed by atoms with van der Waals surface area (Å²) in [6.45, 7) is 0.899. The molecule has 0 radical (unpaired) electrons. The Morgan fingerprint density at radius 2 is 1.57 bits per heavy atom. The Bertz CT molecular complexity index is 1890. The van der Waals surface area contributed by atoms with Gasteiger partial charge in [0.05, 0.1) is 18.9 Å². The molecule has 0 spiro atoms. The normalized spacial score (nSPS) is 16.0. The Hall–Kier alpha value is -5.81. The van der Waals surface area contributed by atoms with Gasteiger partial charge in [0.25, 0.3) is 5.91 Å². The van der Waals surface area contributed by atoms with Crippen molar-refractivity contribution in [3.8, 4) is 5.75 Å². The molecule has 0 aliphatic carbocycles. The van der Waals surface area contributed by atoms with Crippen molar-refractivity contribution < 1.29 is 33.9 Å². The van der Waals surface area contributed by atoms with Crippen molar-refractivity contribution in [3.05, 3.63) is 125 Å². The van der Waals surface area contributed by atoms with Gasteiger partial charge in [0.2, 0.25) is 11.8 Å². The first-order chi connectivity index (χ1) is 25.9. The van der Waals surface area contributed by atoms with E-state index >= 15 is 0 Å². The van der Waals surface area contributed by atoms with Crippen molar-refractivity contribution in [2.45, 2.75) is 70.4 Å². The number of carbonyl (C=O) groups excluding carboxylic acids is 4. The Morgan fingerprint density at radius 1 is 0.849 bits per heavy atom. The summed E-state index contributed by atoms with van der Waals surface area (Å²) in [6, 6.07) is 27.9. The van der Waals surface area contributed by atoms with Crippen molar-refractivity contribution in [1.29, 1.82) is 0 Å². The number of nitrogens with one attached hydrogen (secondary N) is 2. The number of hydrazone groups is 1. The minimum Gasteiger partial charge on any atom is -0.493 e. The van der Waals surface area contributed by atoms with Gasteiger partial charge in [-0.05, 0) is 59.9 Å². The van der Waals surface area contributed by atoms with Crippen LogP contribution in [0, 0.1) is 0 Å². The third-order valence-corrected chi connectivity index (χ3v) is 9.01. The van der Waals surface area contributed by atoms with Gasteiger partial charge in [-0.1, -0.05) is 104 Å². The molecule has 4 aromatic rings. The van der Waals surface area contributed by atoms with Crippen LogP contribution in [0.5, 0.6) is 5.75 Å². The molecule has 276 valence electrons. The molecule has 1 heterocycles. The van der Waals surface area contributed by atoms with E-state index in [-0.39, 0.29) is 30.3 Å². The zero-order chi connectivity index (χ0) is 37.3. The minimum atomic E-state index is -0.436. The molecule has 3 amide bonds. The van der Waals surface area contributed by atoms with Crippen LogP contribution in [0.4, 0.5) is 0 Å². The monoisotopic (exact) mass is 718 g/mol. The number of nitrogens with zero attached hydrogens (tertiary/aromatic N) is 2. The van der Waals surface area contributed by atoms with E-state index in [0.29, 0.717) is 63.0 Å². The lowest BCUT2D eigenvalue weighted by Crippen LogP contribution is -2.37. The van der Waals surface area contributed by atoms with Gasteiger partial charge in [0.1, 0.15) is 12.4 Å². The molecule has 1 atom stereocenters. The quantitative estimate of drug-likeness (QED) is 0.0313. The highest BCUT2D eigenvalue weighted by Crippen LogP contribution is 2.29. The maximum absolute atomic E-state index is 13.6. The van der Waals surface area contributed by atoms with Crippen LogP contribution < -0.4 is 15.6 Å². The van der Waals surface area contributed by atoms with E-state index in [4.69, 9.17) is 14.7 Å². The lowest BCUT2D eigenvalue weighted by Gasteiger charge is -2.32. The highest BCUT2D eigenvalue weighted by Gasteiger charge is 2.27. The maximum atomic E-state index is 13.6. The van der Waals surface area contributed by atoms with Crippen LogP contribution in [0.15, 0.2) is 108 Å². The number of hydrogen-bond donors (Lipinski definition) is 3. The number of hydrogen-bond acceptors (Lipinski definition) is 8. The van der Waals surface area contributed by atoms with E-state index < -0.39 is 6.04 Å². The zero-order valence-corrected chi connectivity index (χ0v) is 29.7. The summed E-state index contributed by atoms with van der Waals surface area (Å²) in [5, 5.41) is 14.4. The molecule has 0 saturated carbocycles. The summed E-state index contributed by atoms with van der Waals surface area (Å²) in [6.07, 6.45) is 10.8. The van der Waals surface area contributed by atoms with Gasteiger partial charge < -0.3 is 14.4 Å². The molecule has 0 fully saturated rings. The third kappa shape index (κ3) is 11.6. The van der Waals surface area contributed by atoms with Crippen LogP contribution in [0.2, 0.25) is 0 Å². The maximum Gasteiger partial charge on any atom is 0.306 e. The standard InChI is InChI=1S/C42H46N4O7/c47-39(45-51)18-8-3-4-13-27-52-38-26-25-36(34-16-11-12-17-35(34)38)42(50)44-43-28-31-21-23-32(24-22-31)29-46-37(33-14-6-5-7-15-33)30-53-41(49)20-10-2-1-9-19-40(46)48/h1-2,5-7,11-12,14-17,21-26,28,37,51H,3-4,8-10,13,18-20,27,29-30H2,(H,44,50)(H,45,47)/b2-1+,43-28+/t37-/m1/s1. The number of fused-ring (bicyclic) bond motifs is 1. The van der Waals surface area contributed by atoms with Crippen LogP contribution in [0.25, 0.3) is 10.8 Å². The first-order valence-electron chi connectivity index (χ1n) is 18.1. The molecular formula is C42H46N4O7. The Morgan fingerprint density at radius 3 is 2.34 bits per heavy atom. The summed E-state index contributed by atoms with van der Waals surface area (Å²) in [5.41, 5.74) is 7.30. The smallest absolute Gasteiger partial charge is 0.306 e. The number of amides is 3. The second-order valence-corrected chi connectivity index (χ2v) is 12.8. The summed E-state index contributed by atoms with van der Waals surface area (Å²) in [5.74, 6) is -0.371. The molecule has 3 N–H and O–H groups in total. The first-order valence-corrected chi connectivity index (χ1v) is 18.1. The number of cyclic esters (lactones) is 1. The number of benzene rings is 4. The Labute approximate surface area is 309 Å². The van der Waals surface area contributed by atoms with Gasteiger partial charge in [-0.2, -0.15) is 5.10 Å². The van der Waals surface area contributed by atoms with Gasteiger partial charge in [-0.25, -0.2) is 10.9 Å². The summed E-state index contributed by atoms with van der Waals surface area (Å²) in [4.78, 5) is 52.1. The SMILES string of the molecule is O=C(CCCCCCOc1ccc(C(=O)N/N=C/c2ccc(CN3C(=O)CC/C=C/CCC(=O)OC[C@@H]3c3ccccc3)cc2)c2ccccc12)NO. The molecule has 11 nitrogen and oxygen atoms in total. The summed E-state index contributed by atoms with van der Waals surface area (Å²) >= 11 is 0. The highest BCUT2D eigenvalue weighted by atomic mass is 16.5.